The Hall–Kier alpha value is -2.28. The summed E-state index contributed by atoms with van der Waals surface area (Å²) in [6.45, 7) is 2.55. The maximum atomic E-state index is 11.4. The molecule has 1 N–H and O–H groups in total. The third kappa shape index (κ3) is 3.08. The summed E-state index contributed by atoms with van der Waals surface area (Å²) >= 11 is 1.50. The molecule has 0 bridgehead atoms. The van der Waals surface area contributed by atoms with Crippen molar-refractivity contribution in [2.75, 3.05) is 0 Å². The van der Waals surface area contributed by atoms with Gasteiger partial charge in [-0.05, 0) is 12.0 Å². The predicted octanol–water partition coefficient (Wildman–Crippen LogP) is 2.27. The molecule has 0 aliphatic rings. The van der Waals surface area contributed by atoms with Gasteiger partial charge < -0.3 is 5.32 Å². The van der Waals surface area contributed by atoms with E-state index in [-0.39, 0.29) is 5.91 Å². The summed E-state index contributed by atoms with van der Waals surface area (Å²) in [6.07, 6.45) is 3.03. The van der Waals surface area contributed by atoms with Crippen molar-refractivity contribution in [3.63, 3.8) is 0 Å². The average molecular weight is 301 g/mol. The minimum absolute atomic E-state index is 0.0928. The Morgan fingerprint density at radius 3 is 2.86 bits per heavy atom. The van der Waals surface area contributed by atoms with E-state index in [1.165, 1.54) is 11.3 Å². The van der Waals surface area contributed by atoms with Crippen molar-refractivity contribution in [3.8, 4) is 10.6 Å². The number of nitrogens with one attached hydrogen (secondary N) is 1. The summed E-state index contributed by atoms with van der Waals surface area (Å²) in [5.74, 6) is 0.0928. The van der Waals surface area contributed by atoms with Crippen LogP contribution in [0.5, 0.6) is 0 Å². The first-order chi connectivity index (χ1) is 10.3. The minimum atomic E-state index is 0.0928. The molecule has 0 atom stereocenters. The van der Waals surface area contributed by atoms with Crippen molar-refractivity contribution in [1.29, 1.82) is 0 Å². The van der Waals surface area contributed by atoms with Gasteiger partial charge in [-0.25, -0.2) is 0 Å². The molecule has 0 unspecified atom stereocenters. The molecule has 6 nitrogen and oxygen atoms in total. The first-order valence-corrected chi connectivity index (χ1v) is 7.61. The molecule has 0 aliphatic carbocycles. The fraction of sp³-hybridized carbons (Fsp3) is 0.286. The van der Waals surface area contributed by atoms with Crippen LogP contribution in [0, 0.1) is 0 Å². The smallest absolute Gasteiger partial charge is 0.234 e. The number of hydrogen-bond donors (Lipinski definition) is 1. The molecule has 108 valence electrons. The number of carbonyl (C=O) groups excluding carboxylic acids is 1. The Labute approximate surface area is 125 Å². The fourth-order valence-corrected chi connectivity index (χ4v) is 2.78. The molecule has 1 aromatic carbocycles. The lowest BCUT2D eigenvalue weighted by Gasteiger charge is -2.05. The Balaban J connectivity index is 1.69. The number of rotatable bonds is 5. The predicted molar refractivity (Wildman–Crippen MR) is 80.8 cm³/mol. The molecule has 3 aromatic rings. The highest BCUT2D eigenvalue weighted by Gasteiger charge is 2.07. The van der Waals surface area contributed by atoms with Crippen molar-refractivity contribution < 1.29 is 4.79 Å². The summed E-state index contributed by atoms with van der Waals surface area (Å²) in [6, 6.07) is 8.02. The molecule has 0 fully saturated rings. The average Bonchev–Trinajstić information content (AvgIpc) is 3.07. The minimum Gasteiger partial charge on any atom is -0.352 e. The fourth-order valence-electron chi connectivity index (χ4n) is 1.96. The van der Waals surface area contributed by atoms with Crippen molar-refractivity contribution in [1.82, 2.24) is 25.1 Å². The van der Waals surface area contributed by atoms with Crippen LogP contribution in [0.1, 0.15) is 25.3 Å². The normalized spacial score (nSPS) is 10.9. The van der Waals surface area contributed by atoms with E-state index in [9.17, 15) is 4.79 Å². The van der Waals surface area contributed by atoms with Gasteiger partial charge in [-0.1, -0.05) is 42.5 Å². The van der Waals surface area contributed by atoms with E-state index in [0.717, 1.165) is 27.5 Å². The van der Waals surface area contributed by atoms with Gasteiger partial charge in [0.05, 0.1) is 0 Å². The van der Waals surface area contributed by atoms with Crippen LogP contribution in [0.2, 0.25) is 0 Å². The topological polar surface area (TPSA) is 72.2 Å². The zero-order valence-corrected chi connectivity index (χ0v) is 12.4. The van der Waals surface area contributed by atoms with Gasteiger partial charge in [-0.2, -0.15) is 9.61 Å². The highest BCUT2D eigenvalue weighted by Crippen LogP contribution is 2.24. The van der Waals surface area contributed by atoms with Crippen molar-refractivity contribution in [2.24, 2.45) is 0 Å². The third-order valence-electron chi connectivity index (χ3n) is 3.05. The zero-order chi connectivity index (χ0) is 14.7. The molecular weight excluding hydrogens is 286 g/mol. The van der Waals surface area contributed by atoms with E-state index in [4.69, 9.17) is 0 Å². The Kier molecular flexibility index (Phi) is 3.92. The van der Waals surface area contributed by atoms with E-state index in [2.05, 4.69) is 20.6 Å². The van der Waals surface area contributed by atoms with Crippen LogP contribution in [0.25, 0.3) is 15.5 Å². The van der Waals surface area contributed by atoms with Gasteiger partial charge in [-0.15, -0.1) is 10.2 Å². The van der Waals surface area contributed by atoms with Crippen LogP contribution in [0.4, 0.5) is 0 Å². The lowest BCUT2D eigenvalue weighted by molar-refractivity contribution is -0.121. The molecular formula is C14H15N5OS. The molecule has 21 heavy (non-hydrogen) atoms. The molecule has 2 heterocycles. The molecule has 0 spiro atoms. The van der Waals surface area contributed by atoms with Crippen LogP contribution in [0.15, 0.2) is 30.6 Å². The molecule has 2 aromatic heterocycles. The van der Waals surface area contributed by atoms with Gasteiger partial charge in [0, 0.05) is 18.5 Å². The molecule has 3 rings (SSSR count). The van der Waals surface area contributed by atoms with E-state index in [1.54, 1.807) is 10.8 Å². The Morgan fingerprint density at radius 1 is 1.33 bits per heavy atom. The van der Waals surface area contributed by atoms with Crippen LogP contribution in [0.3, 0.4) is 0 Å². The van der Waals surface area contributed by atoms with Crippen molar-refractivity contribution in [3.05, 3.63) is 36.2 Å². The quantitative estimate of drug-likeness (QED) is 0.784. The molecule has 0 aliphatic heterocycles. The van der Waals surface area contributed by atoms with Gasteiger partial charge in [0.15, 0.2) is 0 Å². The lowest BCUT2D eigenvalue weighted by atomic mass is 10.1. The first-order valence-electron chi connectivity index (χ1n) is 6.79. The number of hydrogen-bond acceptors (Lipinski definition) is 5. The second-order valence-electron chi connectivity index (χ2n) is 4.69. The van der Waals surface area contributed by atoms with Crippen LogP contribution >= 0.6 is 11.3 Å². The lowest BCUT2D eigenvalue weighted by Crippen LogP contribution is -2.21. The third-order valence-corrected chi connectivity index (χ3v) is 4.02. The van der Waals surface area contributed by atoms with Crippen LogP contribution in [-0.4, -0.2) is 25.7 Å². The second kappa shape index (κ2) is 6.01. The number of carbonyl (C=O) groups is 1. The zero-order valence-electron chi connectivity index (χ0n) is 11.6. The summed E-state index contributed by atoms with van der Waals surface area (Å²) < 4.78 is 1.67. The number of fused-ring (bicyclic) bond motifs is 1. The van der Waals surface area contributed by atoms with Crippen molar-refractivity contribution in [2.45, 2.75) is 26.3 Å². The number of amides is 1. The Morgan fingerprint density at radius 2 is 2.14 bits per heavy atom. The molecule has 0 saturated carbocycles. The van der Waals surface area contributed by atoms with Gasteiger partial charge in [0.25, 0.3) is 0 Å². The largest absolute Gasteiger partial charge is 0.352 e. The van der Waals surface area contributed by atoms with Crippen LogP contribution in [-0.2, 0) is 11.3 Å². The van der Waals surface area contributed by atoms with Gasteiger partial charge in [0.1, 0.15) is 11.3 Å². The van der Waals surface area contributed by atoms with Crippen LogP contribution < -0.4 is 5.32 Å². The monoisotopic (exact) mass is 301 g/mol. The Bertz CT molecular complexity index is 718. The van der Waals surface area contributed by atoms with E-state index >= 15 is 0 Å². The van der Waals surface area contributed by atoms with Crippen molar-refractivity contribution >= 4 is 22.2 Å². The highest BCUT2D eigenvalue weighted by atomic mass is 32.1. The molecule has 7 heteroatoms. The van der Waals surface area contributed by atoms with E-state index in [0.29, 0.717) is 13.0 Å². The van der Waals surface area contributed by atoms with E-state index in [1.807, 2.05) is 31.2 Å². The summed E-state index contributed by atoms with van der Waals surface area (Å²) in [7, 11) is 0. The number of benzene rings is 1. The van der Waals surface area contributed by atoms with Gasteiger partial charge >= 0.3 is 0 Å². The van der Waals surface area contributed by atoms with Gasteiger partial charge in [-0.3, -0.25) is 4.79 Å². The number of nitrogens with zero attached hydrogens (tertiary/aromatic N) is 4. The highest BCUT2D eigenvalue weighted by molar-refractivity contribution is 7.19. The molecule has 0 radical (unpaired) electrons. The summed E-state index contributed by atoms with van der Waals surface area (Å²) in [5, 5.41) is 16.0. The molecule has 0 saturated heterocycles. The first kappa shape index (κ1) is 13.7. The standard InChI is InChI=1S/C14H15N5OS/c1-2-3-12(20)15-8-10-4-6-11(7-5-10)13-18-19-9-16-17-14(19)21-13/h4-7,9H,2-3,8H2,1H3,(H,15,20). The maximum absolute atomic E-state index is 11.4. The maximum Gasteiger partial charge on any atom is 0.234 e. The summed E-state index contributed by atoms with van der Waals surface area (Å²) in [4.78, 5) is 12.2. The van der Waals surface area contributed by atoms with E-state index < -0.39 is 0 Å². The molecule has 1 amide bonds. The summed E-state index contributed by atoms with van der Waals surface area (Å²) in [5.41, 5.74) is 2.11. The number of aromatic nitrogens is 4. The SMILES string of the molecule is CCCC(=O)NCc1ccc(-c2nn3cnnc3s2)cc1. The van der Waals surface area contributed by atoms with Gasteiger partial charge in [0.2, 0.25) is 10.9 Å². The second-order valence-corrected chi connectivity index (χ2v) is 5.64.